The molecule has 9 heteroatoms. The summed E-state index contributed by atoms with van der Waals surface area (Å²) in [6.45, 7) is 0. The number of carbonyl (C=O) groups is 1. The number of benzene rings is 2. The number of amides is 1. The third-order valence-corrected chi connectivity index (χ3v) is 5.33. The van der Waals surface area contributed by atoms with Crippen LogP contribution in [0.3, 0.4) is 0 Å². The van der Waals surface area contributed by atoms with Gasteiger partial charge >= 0.3 is 0 Å². The first kappa shape index (κ1) is 18.6. The van der Waals surface area contributed by atoms with Crippen LogP contribution >= 0.6 is 27.3 Å². The highest BCUT2D eigenvalue weighted by molar-refractivity contribution is 9.10. The fraction of sp³-hybridized carbons (Fsp3) is 0.105. The van der Waals surface area contributed by atoms with Crippen LogP contribution in [0, 0.1) is 5.82 Å². The number of hydrogen-bond acceptors (Lipinski definition) is 5. The van der Waals surface area contributed by atoms with E-state index in [0.29, 0.717) is 22.0 Å². The number of fused-ring (bicyclic) bond motifs is 1. The van der Waals surface area contributed by atoms with E-state index in [0.717, 1.165) is 9.86 Å². The van der Waals surface area contributed by atoms with Gasteiger partial charge in [0.25, 0.3) is 5.91 Å². The summed E-state index contributed by atoms with van der Waals surface area (Å²) in [6, 6.07) is 8.75. The van der Waals surface area contributed by atoms with E-state index in [1.807, 2.05) is 18.2 Å². The Kier molecular flexibility index (Phi) is 5.10. The Hall–Kier alpha value is -2.78. The first-order valence-electron chi connectivity index (χ1n) is 8.23. The highest BCUT2D eigenvalue weighted by Crippen LogP contribution is 2.31. The molecular weight excluding hydrogens is 447 g/mol. The lowest BCUT2D eigenvalue weighted by Gasteiger charge is -2.19. The van der Waals surface area contributed by atoms with Gasteiger partial charge in [-0.05, 0) is 30.3 Å². The number of ether oxygens (including phenoxy) is 1. The molecule has 0 radical (unpaired) electrons. The minimum Gasteiger partial charge on any atom is -0.496 e. The quantitative estimate of drug-likeness (QED) is 0.471. The third-order valence-electron chi connectivity index (χ3n) is 4.15. The minimum atomic E-state index is -0.944. The predicted octanol–water partition coefficient (Wildman–Crippen LogP) is 4.63. The Morgan fingerprint density at radius 1 is 1.32 bits per heavy atom. The number of rotatable bonds is 5. The van der Waals surface area contributed by atoms with Gasteiger partial charge in [0.05, 0.1) is 12.6 Å². The SMILES string of the molecule is COc1ccc(F)cc1[C@H](C(=O)Nc1nccs1)n1cc2ccc(Br)cc2n1. The van der Waals surface area contributed by atoms with Crippen LogP contribution in [0.2, 0.25) is 0 Å². The van der Waals surface area contributed by atoms with Crippen LogP contribution in [0.4, 0.5) is 9.52 Å². The maximum atomic E-state index is 14.0. The Labute approximate surface area is 172 Å². The van der Waals surface area contributed by atoms with Crippen molar-refractivity contribution in [2.45, 2.75) is 6.04 Å². The van der Waals surface area contributed by atoms with Gasteiger partial charge in [0, 0.05) is 33.2 Å². The molecule has 2 heterocycles. The molecule has 2 aromatic carbocycles. The summed E-state index contributed by atoms with van der Waals surface area (Å²) in [6.07, 6.45) is 3.34. The summed E-state index contributed by atoms with van der Waals surface area (Å²) in [5, 5.41) is 10.4. The molecule has 0 bridgehead atoms. The van der Waals surface area contributed by atoms with Crippen molar-refractivity contribution in [1.29, 1.82) is 0 Å². The molecule has 1 N–H and O–H groups in total. The lowest BCUT2D eigenvalue weighted by molar-refractivity contribution is -0.118. The smallest absolute Gasteiger partial charge is 0.255 e. The number of aromatic nitrogens is 3. The molecule has 28 heavy (non-hydrogen) atoms. The summed E-state index contributed by atoms with van der Waals surface area (Å²) in [5.74, 6) is -0.477. The molecular formula is C19H14BrFN4O2S. The summed E-state index contributed by atoms with van der Waals surface area (Å²) in [7, 11) is 1.48. The van der Waals surface area contributed by atoms with Crippen LogP contribution in [0.1, 0.15) is 11.6 Å². The summed E-state index contributed by atoms with van der Waals surface area (Å²) < 4.78 is 21.8. The van der Waals surface area contributed by atoms with Crippen LogP contribution in [0.15, 0.2) is 58.6 Å². The van der Waals surface area contributed by atoms with Gasteiger partial charge in [-0.15, -0.1) is 11.3 Å². The van der Waals surface area contributed by atoms with Crippen molar-refractivity contribution in [2.75, 3.05) is 12.4 Å². The van der Waals surface area contributed by atoms with Crippen LogP contribution < -0.4 is 10.1 Å². The molecule has 0 saturated heterocycles. The van der Waals surface area contributed by atoms with E-state index >= 15 is 0 Å². The zero-order valence-corrected chi connectivity index (χ0v) is 17.0. The Bertz CT molecular complexity index is 1150. The number of anilines is 1. The van der Waals surface area contributed by atoms with Crippen molar-refractivity contribution in [2.24, 2.45) is 0 Å². The van der Waals surface area contributed by atoms with E-state index in [1.165, 1.54) is 41.3 Å². The minimum absolute atomic E-state index is 0.364. The van der Waals surface area contributed by atoms with Gasteiger partial charge in [-0.1, -0.05) is 22.0 Å². The van der Waals surface area contributed by atoms with Crippen LogP contribution in [0.25, 0.3) is 10.9 Å². The number of nitrogens with zero attached hydrogens (tertiary/aromatic N) is 3. The topological polar surface area (TPSA) is 69.0 Å². The van der Waals surface area contributed by atoms with E-state index in [2.05, 4.69) is 31.3 Å². The molecule has 6 nitrogen and oxygen atoms in total. The predicted molar refractivity (Wildman–Crippen MR) is 109 cm³/mol. The molecule has 0 saturated carbocycles. The Balaban J connectivity index is 1.85. The third kappa shape index (κ3) is 3.63. The normalized spacial score (nSPS) is 12.1. The lowest BCUT2D eigenvalue weighted by atomic mass is 10.0. The number of nitrogens with one attached hydrogen (secondary N) is 1. The molecule has 0 aliphatic carbocycles. The van der Waals surface area contributed by atoms with Gasteiger partial charge in [-0.3, -0.25) is 14.8 Å². The molecule has 0 fully saturated rings. The van der Waals surface area contributed by atoms with Crippen molar-refractivity contribution >= 4 is 49.2 Å². The molecule has 1 atom stereocenters. The fourth-order valence-corrected chi connectivity index (χ4v) is 3.80. The van der Waals surface area contributed by atoms with Gasteiger partial charge in [0.15, 0.2) is 11.2 Å². The lowest BCUT2D eigenvalue weighted by Crippen LogP contribution is -2.28. The van der Waals surface area contributed by atoms with Crippen molar-refractivity contribution in [3.63, 3.8) is 0 Å². The Morgan fingerprint density at radius 2 is 2.18 bits per heavy atom. The van der Waals surface area contributed by atoms with E-state index in [4.69, 9.17) is 4.74 Å². The number of thiazole rings is 1. The second-order valence-electron chi connectivity index (χ2n) is 5.93. The Morgan fingerprint density at radius 3 is 2.93 bits per heavy atom. The van der Waals surface area contributed by atoms with E-state index in [1.54, 1.807) is 17.8 Å². The highest BCUT2D eigenvalue weighted by Gasteiger charge is 2.28. The molecule has 142 valence electrons. The summed E-state index contributed by atoms with van der Waals surface area (Å²) in [5.41, 5.74) is 1.07. The maximum absolute atomic E-state index is 14.0. The van der Waals surface area contributed by atoms with E-state index < -0.39 is 17.8 Å². The molecule has 0 spiro atoms. The van der Waals surface area contributed by atoms with E-state index in [-0.39, 0.29) is 0 Å². The summed E-state index contributed by atoms with van der Waals surface area (Å²) >= 11 is 4.71. The first-order valence-corrected chi connectivity index (χ1v) is 9.90. The zero-order chi connectivity index (χ0) is 19.7. The van der Waals surface area contributed by atoms with Crippen molar-refractivity contribution in [1.82, 2.24) is 14.8 Å². The van der Waals surface area contributed by atoms with Gasteiger partial charge in [-0.25, -0.2) is 9.37 Å². The van der Waals surface area contributed by atoms with Crippen LogP contribution in [0.5, 0.6) is 5.75 Å². The number of carbonyl (C=O) groups excluding carboxylic acids is 1. The first-order chi connectivity index (χ1) is 13.5. The molecule has 2 aromatic heterocycles. The number of methoxy groups -OCH3 is 1. The van der Waals surface area contributed by atoms with Crippen molar-refractivity contribution in [3.05, 3.63) is 70.0 Å². The molecule has 0 unspecified atom stereocenters. The van der Waals surface area contributed by atoms with Gasteiger partial charge in [0.2, 0.25) is 0 Å². The molecule has 4 rings (SSSR count). The second kappa shape index (κ2) is 7.69. The largest absolute Gasteiger partial charge is 0.496 e. The average molecular weight is 461 g/mol. The number of hydrogen-bond donors (Lipinski definition) is 1. The standard InChI is InChI=1S/C19H14BrFN4O2S/c1-27-16-5-4-13(21)9-14(16)17(18(26)23-19-22-6-7-28-19)25-10-11-2-3-12(20)8-15(11)24-25/h2-10,17H,1H3,(H,22,23,26)/t17-/m1/s1. The molecule has 0 aliphatic heterocycles. The van der Waals surface area contributed by atoms with Gasteiger partial charge in [-0.2, -0.15) is 5.10 Å². The van der Waals surface area contributed by atoms with Crippen LogP contribution in [-0.4, -0.2) is 27.8 Å². The average Bonchev–Trinajstić information content (AvgIpc) is 3.31. The van der Waals surface area contributed by atoms with Crippen molar-refractivity contribution < 1.29 is 13.9 Å². The maximum Gasteiger partial charge on any atom is 0.255 e. The fourth-order valence-electron chi connectivity index (χ4n) is 2.92. The molecule has 4 aromatic rings. The molecule has 1 amide bonds. The van der Waals surface area contributed by atoms with Gasteiger partial charge < -0.3 is 4.74 Å². The van der Waals surface area contributed by atoms with E-state index in [9.17, 15) is 9.18 Å². The van der Waals surface area contributed by atoms with Crippen molar-refractivity contribution in [3.8, 4) is 5.75 Å². The highest BCUT2D eigenvalue weighted by atomic mass is 79.9. The zero-order valence-electron chi connectivity index (χ0n) is 14.6. The number of halogens is 2. The van der Waals surface area contributed by atoms with Crippen LogP contribution in [-0.2, 0) is 4.79 Å². The summed E-state index contributed by atoms with van der Waals surface area (Å²) in [4.78, 5) is 17.2. The monoisotopic (exact) mass is 460 g/mol. The molecule has 0 aliphatic rings. The van der Waals surface area contributed by atoms with Gasteiger partial charge in [0.1, 0.15) is 11.6 Å². The second-order valence-corrected chi connectivity index (χ2v) is 7.74.